The second kappa shape index (κ2) is 6.40. The Hall–Kier alpha value is -1.01. The van der Waals surface area contributed by atoms with Crippen molar-refractivity contribution >= 4 is 33.0 Å². The first-order valence-corrected chi connectivity index (χ1v) is 8.13. The molecule has 0 aliphatic heterocycles. The molecule has 1 nitrogen and oxygen atoms in total. The van der Waals surface area contributed by atoms with Crippen LogP contribution in [0.2, 0.25) is 0 Å². The molecule has 0 radical (unpaired) electrons. The predicted molar refractivity (Wildman–Crippen MR) is 84.7 cm³/mol. The topological polar surface area (TPSA) is 12.0 Å². The van der Waals surface area contributed by atoms with Crippen molar-refractivity contribution in [3.8, 4) is 0 Å². The van der Waals surface area contributed by atoms with Gasteiger partial charge in [-0.1, -0.05) is 35.8 Å². The van der Waals surface area contributed by atoms with Crippen LogP contribution in [0.3, 0.4) is 0 Å². The number of hydrogen-bond donors (Lipinski definition) is 1. The summed E-state index contributed by atoms with van der Waals surface area (Å²) in [6.07, 6.45) is -4.37. The number of benzene rings is 1. The molecule has 1 N–H and O–H groups in total. The lowest BCUT2D eigenvalue weighted by Crippen LogP contribution is -2.18. The van der Waals surface area contributed by atoms with Crippen molar-refractivity contribution in [1.29, 1.82) is 0 Å². The minimum atomic E-state index is -4.37. The molecule has 1 unspecified atom stereocenters. The molecule has 0 bridgehead atoms. The lowest BCUT2D eigenvalue weighted by Gasteiger charge is -2.25. The Balaban J connectivity index is 2.39. The number of nitrogens with one attached hydrogen (secondary N) is 1. The van der Waals surface area contributed by atoms with E-state index < -0.39 is 11.7 Å². The van der Waals surface area contributed by atoms with Crippen LogP contribution in [0.1, 0.15) is 30.3 Å². The number of thiophene rings is 1. The minimum Gasteiger partial charge on any atom is -0.377 e. The molecule has 0 spiro atoms. The Labute approximate surface area is 134 Å². The van der Waals surface area contributed by atoms with E-state index in [0.717, 1.165) is 10.9 Å². The molecule has 114 valence electrons. The van der Waals surface area contributed by atoms with Gasteiger partial charge in [-0.25, -0.2) is 0 Å². The summed E-state index contributed by atoms with van der Waals surface area (Å²) in [5.41, 5.74) is -0.545. The van der Waals surface area contributed by atoms with Crippen molar-refractivity contribution in [3.63, 3.8) is 0 Å². The maximum Gasteiger partial charge on any atom is 0.418 e. The van der Waals surface area contributed by atoms with Gasteiger partial charge in [0.25, 0.3) is 0 Å². The molecule has 0 amide bonds. The van der Waals surface area contributed by atoms with Crippen molar-refractivity contribution in [2.45, 2.75) is 26.1 Å². The molecule has 0 saturated carbocycles. The third kappa shape index (κ3) is 4.01. The zero-order valence-corrected chi connectivity index (χ0v) is 13.9. The van der Waals surface area contributed by atoms with E-state index in [1.165, 1.54) is 12.1 Å². The van der Waals surface area contributed by atoms with Gasteiger partial charge in [-0.15, -0.1) is 11.3 Å². The summed E-state index contributed by atoms with van der Waals surface area (Å²) in [4.78, 5) is 1.03. The van der Waals surface area contributed by atoms with Gasteiger partial charge >= 0.3 is 6.18 Å². The zero-order chi connectivity index (χ0) is 15.6. The summed E-state index contributed by atoms with van der Waals surface area (Å²) < 4.78 is 40.0. The van der Waals surface area contributed by atoms with Crippen LogP contribution in [0.5, 0.6) is 0 Å². The number of rotatable bonds is 4. The second-order valence-electron chi connectivity index (χ2n) is 5.07. The fourth-order valence-corrected chi connectivity index (χ4v) is 3.40. The highest BCUT2D eigenvalue weighted by Crippen LogP contribution is 2.39. The normalized spacial score (nSPS) is 13.5. The lowest BCUT2D eigenvalue weighted by atomic mass is 10.0. The molecule has 1 aromatic heterocycles. The molecular weight excluding hydrogens is 363 g/mol. The highest BCUT2D eigenvalue weighted by atomic mass is 79.9. The van der Waals surface area contributed by atoms with Gasteiger partial charge < -0.3 is 5.32 Å². The van der Waals surface area contributed by atoms with E-state index in [9.17, 15) is 13.2 Å². The Morgan fingerprint density at radius 2 is 1.90 bits per heavy atom. The van der Waals surface area contributed by atoms with Crippen LogP contribution in [0.15, 0.2) is 40.2 Å². The van der Waals surface area contributed by atoms with Crippen LogP contribution in [0, 0.1) is 5.92 Å². The average Bonchev–Trinajstić information content (AvgIpc) is 2.87. The Bertz CT molecular complexity index is 593. The summed E-state index contributed by atoms with van der Waals surface area (Å²) in [6, 6.07) is 7.67. The van der Waals surface area contributed by atoms with Gasteiger partial charge in [0.05, 0.1) is 11.6 Å². The number of alkyl halides is 3. The first-order chi connectivity index (χ1) is 9.79. The van der Waals surface area contributed by atoms with Gasteiger partial charge in [0, 0.05) is 15.0 Å². The van der Waals surface area contributed by atoms with Crippen LogP contribution < -0.4 is 5.32 Å². The van der Waals surface area contributed by atoms with Crippen LogP contribution in [0.4, 0.5) is 18.9 Å². The first-order valence-electron chi connectivity index (χ1n) is 6.45. The molecule has 6 heteroatoms. The second-order valence-corrected chi connectivity index (χ2v) is 6.96. The van der Waals surface area contributed by atoms with E-state index in [0.29, 0.717) is 4.47 Å². The summed E-state index contributed by atoms with van der Waals surface area (Å²) in [7, 11) is 0. The van der Waals surface area contributed by atoms with E-state index >= 15 is 0 Å². The van der Waals surface area contributed by atoms with Crippen LogP contribution >= 0.6 is 27.3 Å². The largest absolute Gasteiger partial charge is 0.418 e. The average molecular weight is 378 g/mol. The van der Waals surface area contributed by atoms with Crippen molar-refractivity contribution in [3.05, 3.63) is 50.6 Å². The minimum absolute atomic E-state index is 0.101. The van der Waals surface area contributed by atoms with Gasteiger partial charge in [0.1, 0.15) is 0 Å². The molecule has 21 heavy (non-hydrogen) atoms. The van der Waals surface area contributed by atoms with E-state index in [1.54, 1.807) is 11.3 Å². The number of hydrogen-bond acceptors (Lipinski definition) is 2. The van der Waals surface area contributed by atoms with Crippen molar-refractivity contribution in [2.75, 3.05) is 5.32 Å². The zero-order valence-electron chi connectivity index (χ0n) is 11.5. The van der Waals surface area contributed by atoms with Crippen LogP contribution in [0.25, 0.3) is 0 Å². The highest BCUT2D eigenvalue weighted by Gasteiger charge is 2.34. The van der Waals surface area contributed by atoms with Gasteiger partial charge in [0.15, 0.2) is 0 Å². The fraction of sp³-hybridized carbons (Fsp3) is 0.333. The first kappa shape index (κ1) is 16.4. The Morgan fingerprint density at radius 3 is 2.43 bits per heavy atom. The van der Waals surface area contributed by atoms with E-state index in [1.807, 2.05) is 31.4 Å². The molecule has 0 fully saturated rings. The summed E-state index contributed by atoms with van der Waals surface area (Å²) in [6.45, 7) is 3.98. The standard InChI is InChI=1S/C15H15BrF3NS/c1-9(2)14(13-4-3-7-21-13)20-12-8-10(16)5-6-11(12)15(17,18)19/h3-9,14,20H,1-2H3. The molecule has 1 aromatic carbocycles. The number of halogens is 4. The summed E-state index contributed by atoms with van der Waals surface area (Å²) >= 11 is 4.77. The van der Waals surface area contributed by atoms with Gasteiger partial charge in [-0.2, -0.15) is 13.2 Å². The molecule has 0 aliphatic rings. The molecule has 2 aromatic rings. The van der Waals surface area contributed by atoms with E-state index in [2.05, 4.69) is 21.2 Å². The maximum atomic E-state index is 13.1. The van der Waals surface area contributed by atoms with Crippen molar-refractivity contribution in [2.24, 2.45) is 5.92 Å². The lowest BCUT2D eigenvalue weighted by molar-refractivity contribution is -0.137. The van der Waals surface area contributed by atoms with Crippen molar-refractivity contribution < 1.29 is 13.2 Å². The van der Waals surface area contributed by atoms with Crippen LogP contribution in [-0.4, -0.2) is 0 Å². The van der Waals surface area contributed by atoms with E-state index in [4.69, 9.17) is 0 Å². The van der Waals surface area contributed by atoms with Gasteiger partial charge in [-0.05, 0) is 35.6 Å². The van der Waals surface area contributed by atoms with Crippen molar-refractivity contribution in [1.82, 2.24) is 0 Å². The molecular formula is C15H15BrF3NS. The molecule has 0 aliphatic carbocycles. The SMILES string of the molecule is CC(C)C(Nc1cc(Br)ccc1C(F)(F)F)c1cccs1. The third-order valence-corrected chi connectivity index (χ3v) is 4.56. The molecule has 0 saturated heterocycles. The van der Waals surface area contributed by atoms with Gasteiger partial charge in [0.2, 0.25) is 0 Å². The number of anilines is 1. The quantitative estimate of drug-likeness (QED) is 0.655. The molecule has 1 heterocycles. The van der Waals surface area contributed by atoms with Crippen LogP contribution in [-0.2, 0) is 6.18 Å². The summed E-state index contributed by atoms with van der Waals surface area (Å²) in [5, 5.41) is 4.99. The monoisotopic (exact) mass is 377 g/mol. The fourth-order valence-electron chi connectivity index (χ4n) is 2.09. The Kier molecular flexibility index (Phi) is 4.99. The third-order valence-electron chi connectivity index (χ3n) is 3.11. The Morgan fingerprint density at radius 1 is 1.19 bits per heavy atom. The highest BCUT2D eigenvalue weighted by molar-refractivity contribution is 9.10. The maximum absolute atomic E-state index is 13.1. The smallest absolute Gasteiger partial charge is 0.377 e. The summed E-state index contributed by atoms with van der Waals surface area (Å²) in [5.74, 6) is 0.170. The molecule has 1 atom stereocenters. The predicted octanol–water partition coefficient (Wildman–Crippen LogP) is 6.34. The molecule has 2 rings (SSSR count). The van der Waals surface area contributed by atoms with E-state index in [-0.39, 0.29) is 17.6 Å². The van der Waals surface area contributed by atoms with Gasteiger partial charge in [-0.3, -0.25) is 0 Å².